The highest BCUT2D eigenvalue weighted by Gasteiger charge is 2.26. The summed E-state index contributed by atoms with van der Waals surface area (Å²) in [5, 5.41) is 3.33. The van der Waals surface area contributed by atoms with Gasteiger partial charge < -0.3 is 15.0 Å². The lowest BCUT2D eigenvalue weighted by Crippen LogP contribution is -2.32. The molecule has 24 heavy (non-hydrogen) atoms. The first-order chi connectivity index (χ1) is 11.5. The lowest BCUT2D eigenvalue weighted by Gasteiger charge is -2.26. The minimum atomic E-state index is -0.210. The van der Waals surface area contributed by atoms with E-state index in [-0.39, 0.29) is 23.7 Å². The minimum absolute atomic E-state index is 0.0692. The number of rotatable bonds is 4. The van der Waals surface area contributed by atoms with Gasteiger partial charge >= 0.3 is 0 Å². The molecular formula is C18H19ClN2O3. The first kappa shape index (κ1) is 16.7. The van der Waals surface area contributed by atoms with E-state index in [0.29, 0.717) is 41.4 Å². The van der Waals surface area contributed by atoms with Gasteiger partial charge in [-0.3, -0.25) is 9.59 Å². The maximum absolute atomic E-state index is 12.6. The number of hydrogen-bond acceptors (Lipinski definition) is 3. The standard InChI is InChI=1S/C18H19ClN2O3/c1-11-9-12(6-8-24-11)18(23)21-15-5-4-13(19)10-14(15)17(22)16-3-2-7-20-16/h2-5,7,10-12,20H,6,8-9H2,1H3,(H,21,23)/t11-,12-/m1/s1. The Morgan fingerprint density at radius 2 is 2.17 bits per heavy atom. The van der Waals surface area contributed by atoms with E-state index in [4.69, 9.17) is 16.3 Å². The van der Waals surface area contributed by atoms with E-state index < -0.39 is 0 Å². The molecule has 0 aliphatic carbocycles. The molecule has 2 aromatic rings. The molecule has 126 valence electrons. The predicted octanol–water partition coefficient (Wildman–Crippen LogP) is 3.65. The molecule has 0 bridgehead atoms. The molecule has 1 aliphatic rings. The minimum Gasteiger partial charge on any atom is -0.378 e. The Kier molecular flexibility index (Phi) is 5.02. The van der Waals surface area contributed by atoms with E-state index in [1.54, 1.807) is 36.5 Å². The van der Waals surface area contributed by atoms with E-state index in [1.807, 2.05) is 6.92 Å². The normalized spacial score (nSPS) is 20.6. The number of benzene rings is 1. The highest BCUT2D eigenvalue weighted by molar-refractivity contribution is 6.31. The number of ketones is 1. The number of ether oxygens (including phenoxy) is 1. The van der Waals surface area contributed by atoms with Gasteiger partial charge in [0.25, 0.3) is 0 Å². The molecule has 0 saturated carbocycles. The number of carbonyl (C=O) groups is 2. The van der Waals surface area contributed by atoms with Gasteiger partial charge in [0.05, 0.1) is 17.5 Å². The van der Waals surface area contributed by atoms with Crippen molar-refractivity contribution in [3.05, 3.63) is 52.8 Å². The maximum atomic E-state index is 12.6. The molecule has 3 rings (SSSR count). The van der Waals surface area contributed by atoms with Crippen LogP contribution in [0.15, 0.2) is 36.5 Å². The quantitative estimate of drug-likeness (QED) is 0.830. The van der Waals surface area contributed by atoms with Crippen LogP contribution in [0.3, 0.4) is 0 Å². The van der Waals surface area contributed by atoms with E-state index in [0.717, 1.165) is 0 Å². The number of carbonyl (C=O) groups excluding carboxylic acids is 2. The fraction of sp³-hybridized carbons (Fsp3) is 0.333. The van der Waals surface area contributed by atoms with E-state index in [2.05, 4.69) is 10.3 Å². The summed E-state index contributed by atoms with van der Waals surface area (Å²) in [7, 11) is 0. The summed E-state index contributed by atoms with van der Waals surface area (Å²) < 4.78 is 5.48. The molecule has 1 fully saturated rings. The monoisotopic (exact) mass is 346 g/mol. The first-order valence-corrected chi connectivity index (χ1v) is 8.32. The van der Waals surface area contributed by atoms with Crippen molar-refractivity contribution in [1.29, 1.82) is 0 Å². The van der Waals surface area contributed by atoms with Crippen LogP contribution in [0.5, 0.6) is 0 Å². The van der Waals surface area contributed by atoms with Gasteiger partial charge in [-0.25, -0.2) is 0 Å². The zero-order valence-corrected chi connectivity index (χ0v) is 14.1. The van der Waals surface area contributed by atoms with Gasteiger partial charge in [0.2, 0.25) is 11.7 Å². The summed E-state index contributed by atoms with van der Waals surface area (Å²) in [6, 6.07) is 8.34. The van der Waals surface area contributed by atoms with E-state index in [9.17, 15) is 9.59 Å². The highest BCUT2D eigenvalue weighted by atomic mass is 35.5. The molecule has 0 unspecified atom stereocenters. The van der Waals surface area contributed by atoms with E-state index in [1.165, 1.54) is 0 Å². The molecular weight excluding hydrogens is 328 g/mol. The zero-order chi connectivity index (χ0) is 17.1. The fourth-order valence-corrected chi connectivity index (χ4v) is 3.07. The Bertz CT molecular complexity index is 743. The first-order valence-electron chi connectivity index (χ1n) is 7.94. The Balaban J connectivity index is 1.83. The molecule has 0 spiro atoms. The second-order valence-electron chi connectivity index (χ2n) is 5.99. The van der Waals surface area contributed by atoms with Crippen LogP contribution in [0.4, 0.5) is 5.69 Å². The summed E-state index contributed by atoms with van der Waals surface area (Å²) in [4.78, 5) is 28.1. The lowest BCUT2D eigenvalue weighted by molar-refractivity contribution is -0.124. The molecule has 1 aliphatic heterocycles. The third kappa shape index (κ3) is 3.68. The molecule has 2 heterocycles. The number of aromatic amines is 1. The summed E-state index contributed by atoms with van der Waals surface area (Å²) in [6.07, 6.45) is 3.11. The molecule has 6 heteroatoms. The van der Waals surface area contributed by atoms with Crippen LogP contribution in [0.25, 0.3) is 0 Å². The number of anilines is 1. The average molecular weight is 347 g/mol. The van der Waals surface area contributed by atoms with Gasteiger partial charge in [0.15, 0.2) is 0 Å². The molecule has 0 radical (unpaired) electrons. The van der Waals surface area contributed by atoms with Gasteiger partial charge in [-0.15, -0.1) is 0 Å². The highest BCUT2D eigenvalue weighted by Crippen LogP contribution is 2.26. The molecule has 1 saturated heterocycles. The van der Waals surface area contributed by atoms with Crippen LogP contribution in [0, 0.1) is 5.92 Å². The van der Waals surface area contributed by atoms with Gasteiger partial charge in [0.1, 0.15) is 0 Å². The maximum Gasteiger partial charge on any atom is 0.227 e. The van der Waals surface area contributed by atoms with Crippen LogP contribution >= 0.6 is 11.6 Å². The number of hydrogen-bond donors (Lipinski definition) is 2. The Morgan fingerprint density at radius 1 is 1.33 bits per heavy atom. The number of H-pyrrole nitrogens is 1. The number of halogens is 1. The zero-order valence-electron chi connectivity index (χ0n) is 13.3. The van der Waals surface area contributed by atoms with Gasteiger partial charge in [-0.2, -0.15) is 0 Å². The molecule has 1 amide bonds. The Hall–Kier alpha value is -2.11. The van der Waals surface area contributed by atoms with Crippen molar-refractivity contribution >= 4 is 29.0 Å². The van der Waals surface area contributed by atoms with Crippen LogP contribution in [0.2, 0.25) is 5.02 Å². The van der Waals surface area contributed by atoms with Crippen molar-refractivity contribution < 1.29 is 14.3 Å². The molecule has 5 nitrogen and oxygen atoms in total. The van der Waals surface area contributed by atoms with Gasteiger partial charge in [-0.1, -0.05) is 11.6 Å². The predicted molar refractivity (Wildman–Crippen MR) is 92.4 cm³/mol. The summed E-state index contributed by atoms with van der Waals surface area (Å²) >= 11 is 6.03. The fourth-order valence-electron chi connectivity index (χ4n) is 2.90. The van der Waals surface area contributed by atoms with E-state index >= 15 is 0 Å². The summed E-state index contributed by atoms with van der Waals surface area (Å²) in [5.41, 5.74) is 1.30. The van der Waals surface area contributed by atoms with Crippen molar-refractivity contribution in [2.24, 2.45) is 5.92 Å². The summed E-state index contributed by atoms with van der Waals surface area (Å²) in [5.74, 6) is -0.413. The van der Waals surface area contributed by atoms with Crippen LogP contribution in [-0.2, 0) is 9.53 Å². The SMILES string of the molecule is C[C@@H]1C[C@H](C(=O)Nc2ccc(Cl)cc2C(=O)c2ccc[nH]2)CCO1. The summed E-state index contributed by atoms with van der Waals surface area (Å²) in [6.45, 7) is 2.54. The Labute approximate surface area is 145 Å². The van der Waals surface area contributed by atoms with Crippen molar-refractivity contribution in [3.8, 4) is 0 Å². The van der Waals surface area contributed by atoms with Crippen molar-refractivity contribution in [1.82, 2.24) is 4.98 Å². The molecule has 1 aromatic carbocycles. The second-order valence-corrected chi connectivity index (χ2v) is 6.43. The van der Waals surface area contributed by atoms with Gasteiger partial charge in [0, 0.05) is 29.3 Å². The van der Waals surface area contributed by atoms with Crippen LogP contribution < -0.4 is 5.32 Å². The van der Waals surface area contributed by atoms with Crippen molar-refractivity contribution in [2.75, 3.05) is 11.9 Å². The molecule has 2 atom stereocenters. The Morgan fingerprint density at radius 3 is 2.88 bits per heavy atom. The number of nitrogens with one attached hydrogen (secondary N) is 2. The second kappa shape index (κ2) is 7.20. The topological polar surface area (TPSA) is 71.2 Å². The number of amides is 1. The lowest BCUT2D eigenvalue weighted by atomic mass is 9.95. The average Bonchev–Trinajstić information content (AvgIpc) is 3.10. The number of aromatic nitrogens is 1. The van der Waals surface area contributed by atoms with Crippen LogP contribution in [0.1, 0.15) is 35.8 Å². The largest absolute Gasteiger partial charge is 0.378 e. The third-order valence-corrected chi connectivity index (χ3v) is 4.42. The van der Waals surface area contributed by atoms with Gasteiger partial charge in [-0.05, 0) is 50.1 Å². The van der Waals surface area contributed by atoms with Crippen molar-refractivity contribution in [3.63, 3.8) is 0 Å². The van der Waals surface area contributed by atoms with Crippen LogP contribution in [-0.4, -0.2) is 29.4 Å². The van der Waals surface area contributed by atoms with Crippen molar-refractivity contribution in [2.45, 2.75) is 25.9 Å². The molecule has 1 aromatic heterocycles. The third-order valence-electron chi connectivity index (χ3n) is 4.18. The smallest absolute Gasteiger partial charge is 0.227 e. The molecule has 2 N–H and O–H groups in total.